The maximum Gasteiger partial charge on any atom is 0.156 e. The van der Waals surface area contributed by atoms with Gasteiger partial charge in [-0.2, -0.15) is 0 Å². The van der Waals surface area contributed by atoms with Crippen molar-refractivity contribution in [2.75, 3.05) is 12.3 Å². The van der Waals surface area contributed by atoms with E-state index in [2.05, 4.69) is 43.4 Å². The van der Waals surface area contributed by atoms with Gasteiger partial charge in [0.25, 0.3) is 0 Å². The van der Waals surface area contributed by atoms with Gasteiger partial charge < -0.3 is 5.32 Å². The lowest BCUT2D eigenvalue weighted by Gasteiger charge is -2.31. The summed E-state index contributed by atoms with van der Waals surface area (Å²) >= 11 is 1.88. The van der Waals surface area contributed by atoms with Crippen LogP contribution in [-0.2, 0) is 12.8 Å². The summed E-state index contributed by atoms with van der Waals surface area (Å²) in [5.41, 5.74) is 3.39. The van der Waals surface area contributed by atoms with Gasteiger partial charge in [-0.25, -0.2) is 0 Å². The van der Waals surface area contributed by atoms with E-state index < -0.39 is 0 Å². The second kappa shape index (κ2) is 5.20. The molecule has 3 heteroatoms. The fourth-order valence-corrected chi connectivity index (χ4v) is 3.75. The molecule has 0 fully saturated rings. The lowest BCUT2D eigenvalue weighted by molar-refractivity contribution is 0.434. The Morgan fingerprint density at radius 1 is 1.26 bits per heavy atom. The number of rotatable bonds is 1. The van der Waals surface area contributed by atoms with Crippen LogP contribution in [0.15, 0.2) is 29.3 Å². The normalized spacial score (nSPS) is 25.4. The fourth-order valence-electron chi connectivity index (χ4n) is 2.72. The summed E-state index contributed by atoms with van der Waals surface area (Å²) in [5.74, 6) is 1.17. The largest absolute Gasteiger partial charge is 0.362 e. The molecular formula is C16H22N2S. The van der Waals surface area contributed by atoms with E-state index in [4.69, 9.17) is 4.99 Å². The highest BCUT2D eigenvalue weighted by atomic mass is 32.2. The van der Waals surface area contributed by atoms with Crippen LogP contribution in [0.25, 0.3) is 0 Å². The molecule has 0 aromatic heterocycles. The van der Waals surface area contributed by atoms with Crippen molar-refractivity contribution < 1.29 is 0 Å². The third-order valence-corrected chi connectivity index (χ3v) is 5.37. The van der Waals surface area contributed by atoms with E-state index >= 15 is 0 Å². The molecule has 1 aliphatic carbocycles. The van der Waals surface area contributed by atoms with Crippen molar-refractivity contribution >= 4 is 16.9 Å². The molecule has 1 atom stereocenters. The number of thioether (sulfide) groups is 1. The van der Waals surface area contributed by atoms with E-state index in [9.17, 15) is 0 Å². The predicted octanol–water partition coefficient (Wildman–Crippen LogP) is 3.26. The number of hydrogen-bond donors (Lipinski definition) is 1. The van der Waals surface area contributed by atoms with Crippen molar-refractivity contribution in [1.82, 2.24) is 5.32 Å². The first-order chi connectivity index (χ1) is 9.12. The number of fused-ring (bicyclic) bond motifs is 1. The van der Waals surface area contributed by atoms with Crippen molar-refractivity contribution in [1.29, 1.82) is 0 Å². The van der Waals surface area contributed by atoms with Gasteiger partial charge in [-0.05, 0) is 35.8 Å². The Balaban J connectivity index is 1.62. The van der Waals surface area contributed by atoms with Crippen LogP contribution in [0.3, 0.4) is 0 Å². The number of nitrogens with zero attached hydrogens (tertiary/aromatic N) is 1. The Morgan fingerprint density at radius 2 is 2.05 bits per heavy atom. The van der Waals surface area contributed by atoms with Crippen LogP contribution in [0, 0.1) is 5.41 Å². The summed E-state index contributed by atoms with van der Waals surface area (Å²) in [6, 6.07) is 9.39. The van der Waals surface area contributed by atoms with Crippen LogP contribution in [0.2, 0.25) is 0 Å². The van der Waals surface area contributed by atoms with E-state index in [0.717, 1.165) is 18.1 Å². The highest BCUT2D eigenvalue weighted by molar-refractivity contribution is 8.13. The van der Waals surface area contributed by atoms with Crippen molar-refractivity contribution in [2.45, 2.75) is 39.2 Å². The Labute approximate surface area is 120 Å². The maximum absolute atomic E-state index is 4.70. The van der Waals surface area contributed by atoms with Gasteiger partial charge in [0.2, 0.25) is 0 Å². The molecule has 1 aliphatic heterocycles. The van der Waals surface area contributed by atoms with Crippen molar-refractivity contribution in [3.8, 4) is 0 Å². The molecule has 1 N–H and O–H groups in total. The fraction of sp³-hybridized carbons (Fsp3) is 0.562. The number of nitrogens with one attached hydrogen (secondary N) is 1. The van der Waals surface area contributed by atoms with Crippen LogP contribution in [-0.4, -0.2) is 23.5 Å². The van der Waals surface area contributed by atoms with E-state index in [0.29, 0.717) is 11.5 Å². The first-order valence-corrected chi connectivity index (χ1v) is 8.11. The minimum Gasteiger partial charge on any atom is -0.362 e. The monoisotopic (exact) mass is 274 g/mol. The predicted molar refractivity (Wildman–Crippen MR) is 83.9 cm³/mol. The molecule has 3 rings (SSSR count). The lowest BCUT2D eigenvalue weighted by atomic mass is 9.88. The summed E-state index contributed by atoms with van der Waals surface area (Å²) in [6.45, 7) is 5.53. The molecule has 0 spiro atoms. The summed E-state index contributed by atoms with van der Waals surface area (Å²) in [7, 11) is 0. The topological polar surface area (TPSA) is 24.4 Å². The first-order valence-electron chi connectivity index (χ1n) is 7.13. The Bertz CT molecular complexity index is 493. The number of hydrogen-bond acceptors (Lipinski definition) is 3. The number of benzene rings is 1. The average molecular weight is 274 g/mol. The molecule has 0 bridgehead atoms. The maximum atomic E-state index is 4.70. The van der Waals surface area contributed by atoms with Crippen molar-refractivity contribution in [3.05, 3.63) is 35.4 Å². The van der Waals surface area contributed by atoms with Gasteiger partial charge >= 0.3 is 0 Å². The van der Waals surface area contributed by atoms with E-state index in [1.165, 1.54) is 29.7 Å². The third kappa shape index (κ3) is 3.14. The molecule has 2 nitrogen and oxygen atoms in total. The second-order valence-electron chi connectivity index (χ2n) is 6.43. The van der Waals surface area contributed by atoms with Crippen LogP contribution in [0.5, 0.6) is 0 Å². The first kappa shape index (κ1) is 13.0. The molecule has 1 unspecified atom stereocenters. The van der Waals surface area contributed by atoms with Crippen molar-refractivity contribution in [2.24, 2.45) is 10.4 Å². The van der Waals surface area contributed by atoms with Gasteiger partial charge in [0.1, 0.15) is 0 Å². The zero-order chi connectivity index (χ0) is 13.3. The molecular weight excluding hydrogens is 252 g/mol. The third-order valence-electron chi connectivity index (χ3n) is 3.92. The van der Waals surface area contributed by atoms with Crippen LogP contribution in [0.1, 0.15) is 31.4 Å². The highest BCUT2D eigenvalue weighted by Gasteiger charge is 2.25. The van der Waals surface area contributed by atoms with Crippen LogP contribution < -0.4 is 5.32 Å². The van der Waals surface area contributed by atoms with Gasteiger partial charge in [0, 0.05) is 18.3 Å². The minimum absolute atomic E-state index is 0.356. The lowest BCUT2D eigenvalue weighted by Crippen LogP contribution is -2.40. The summed E-state index contributed by atoms with van der Waals surface area (Å²) in [5, 5.41) is 4.81. The van der Waals surface area contributed by atoms with Gasteiger partial charge in [0.05, 0.1) is 0 Å². The standard InChI is InChI=1S/C16H22N2S/c1-16(2)10-17-15(19-11-16)18-14-8-7-12-5-3-4-6-13(12)9-14/h3-6,14H,7-11H2,1-2H3,(H,17,18). The van der Waals surface area contributed by atoms with E-state index in [1.54, 1.807) is 0 Å². The quantitative estimate of drug-likeness (QED) is 0.850. The van der Waals surface area contributed by atoms with Gasteiger partial charge in [-0.1, -0.05) is 49.9 Å². The number of aryl methyl sites for hydroxylation is 1. The smallest absolute Gasteiger partial charge is 0.156 e. The number of aliphatic imine (C=N–C) groups is 1. The zero-order valence-corrected chi connectivity index (χ0v) is 12.6. The molecule has 1 aromatic rings. The summed E-state index contributed by atoms with van der Waals surface area (Å²) < 4.78 is 0. The van der Waals surface area contributed by atoms with Gasteiger partial charge in [-0.3, -0.25) is 4.99 Å². The molecule has 0 radical (unpaired) electrons. The average Bonchev–Trinajstić information content (AvgIpc) is 2.41. The molecule has 0 saturated heterocycles. The molecule has 2 aliphatic rings. The highest BCUT2D eigenvalue weighted by Crippen LogP contribution is 2.28. The minimum atomic E-state index is 0.356. The van der Waals surface area contributed by atoms with Gasteiger partial charge in [0.15, 0.2) is 5.17 Å². The molecule has 0 saturated carbocycles. The van der Waals surface area contributed by atoms with E-state index in [1.807, 2.05) is 11.8 Å². The SMILES string of the molecule is CC1(C)CN=C(NC2CCc3ccccc3C2)SC1. The molecule has 19 heavy (non-hydrogen) atoms. The van der Waals surface area contributed by atoms with Crippen LogP contribution in [0.4, 0.5) is 0 Å². The molecule has 0 amide bonds. The van der Waals surface area contributed by atoms with Crippen molar-refractivity contribution in [3.63, 3.8) is 0 Å². The zero-order valence-electron chi connectivity index (χ0n) is 11.8. The summed E-state index contributed by atoms with van der Waals surface area (Å²) in [6.07, 6.45) is 3.55. The Morgan fingerprint density at radius 3 is 2.79 bits per heavy atom. The molecule has 102 valence electrons. The second-order valence-corrected chi connectivity index (χ2v) is 7.39. The number of amidine groups is 1. The van der Waals surface area contributed by atoms with Crippen LogP contribution >= 0.6 is 11.8 Å². The Kier molecular flexibility index (Phi) is 3.57. The summed E-state index contributed by atoms with van der Waals surface area (Å²) in [4.78, 5) is 4.70. The molecule has 1 aromatic carbocycles. The van der Waals surface area contributed by atoms with Gasteiger partial charge in [-0.15, -0.1) is 0 Å². The molecule has 1 heterocycles. The Hall–Kier alpha value is -0.960. The van der Waals surface area contributed by atoms with E-state index in [-0.39, 0.29) is 0 Å².